The standard InChI is InChI=1S/C34H49FN4O4/c1-32-16-23-17-33(2,19-32)21-34(18-23,20-32)38-31(43)37-28-8-5-25(15-27(28)35)29(41)36-26-6-3-24(4-7-26)30(42)39-12-9-22(10-13-39)11-14-40/h5,8,15,22-24,26,40H,3-4,6-7,9-14,16-21H2,1-2H3,(H,36,41)(H2,37,38,43)/t23?,24?,26?,32-,33+,34?. The lowest BCUT2D eigenvalue weighted by Crippen LogP contribution is -2.65. The lowest BCUT2D eigenvalue weighted by Gasteiger charge is -2.65. The second-order valence-corrected chi connectivity index (χ2v) is 15.5. The Labute approximate surface area is 254 Å². The van der Waals surface area contributed by atoms with Crippen LogP contribution in [0.4, 0.5) is 14.9 Å². The number of urea groups is 1. The van der Waals surface area contributed by atoms with Gasteiger partial charge in [-0.25, -0.2) is 9.18 Å². The molecule has 8 nitrogen and oxygen atoms in total. The average molecular weight is 597 g/mol. The first-order valence-electron chi connectivity index (χ1n) is 16.6. The van der Waals surface area contributed by atoms with E-state index in [0.717, 1.165) is 64.5 Å². The second-order valence-electron chi connectivity index (χ2n) is 15.5. The summed E-state index contributed by atoms with van der Waals surface area (Å²) in [4.78, 5) is 41.0. The quantitative estimate of drug-likeness (QED) is 0.328. The molecule has 5 aliphatic carbocycles. The van der Waals surface area contributed by atoms with Crippen LogP contribution >= 0.6 is 0 Å². The Morgan fingerprint density at radius 2 is 1.63 bits per heavy atom. The van der Waals surface area contributed by atoms with Crippen LogP contribution in [-0.2, 0) is 4.79 Å². The van der Waals surface area contributed by atoms with Gasteiger partial charge >= 0.3 is 6.03 Å². The number of halogens is 1. The van der Waals surface area contributed by atoms with Crippen LogP contribution in [-0.4, -0.2) is 59.1 Å². The van der Waals surface area contributed by atoms with Gasteiger partial charge in [-0.2, -0.15) is 0 Å². The summed E-state index contributed by atoms with van der Waals surface area (Å²) < 4.78 is 15.1. The Morgan fingerprint density at radius 3 is 2.23 bits per heavy atom. The van der Waals surface area contributed by atoms with E-state index in [9.17, 15) is 14.4 Å². The number of rotatable bonds is 7. The van der Waals surface area contributed by atoms with E-state index in [1.165, 1.54) is 31.4 Å². The van der Waals surface area contributed by atoms with Crippen LogP contribution in [0.1, 0.15) is 108 Å². The van der Waals surface area contributed by atoms with E-state index < -0.39 is 5.82 Å². The highest BCUT2D eigenvalue weighted by Gasteiger charge is 2.60. The number of benzene rings is 1. The fourth-order valence-electron chi connectivity index (χ4n) is 10.4. The zero-order valence-corrected chi connectivity index (χ0v) is 25.9. The fraction of sp³-hybridized carbons (Fsp3) is 0.735. The summed E-state index contributed by atoms with van der Waals surface area (Å²) in [6.07, 6.45) is 12.2. The minimum absolute atomic E-state index is 0.0133. The summed E-state index contributed by atoms with van der Waals surface area (Å²) in [5.41, 5.74) is 0.568. The molecular formula is C34H49FN4O4. The maximum atomic E-state index is 15.1. The van der Waals surface area contributed by atoms with Crippen molar-refractivity contribution in [3.05, 3.63) is 29.6 Å². The average Bonchev–Trinajstić information content (AvgIpc) is 2.92. The van der Waals surface area contributed by atoms with Gasteiger partial charge in [0, 0.05) is 42.8 Å². The Hall–Kier alpha value is -2.68. The van der Waals surface area contributed by atoms with Crippen LogP contribution in [0.2, 0.25) is 0 Å². The Kier molecular flexibility index (Phi) is 8.24. The molecule has 7 rings (SSSR count). The molecule has 1 aliphatic heterocycles. The normalized spacial score (nSPS) is 35.4. The Bertz CT molecular complexity index is 1220. The number of likely N-dealkylation sites (tertiary alicyclic amines) is 1. The lowest BCUT2D eigenvalue weighted by atomic mass is 9.43. The number of piperidine rings is 1. The van der Waals surface area contributed by atoms with Crippen LogP contribution in [0.15, 0.2) is 18.2 Å². The van der Waals surface area contributed by atoms with Gasteiger partial charge in [0.1, 0.15) is 5.82 Å². The monoisotopic (exact) mass is 596 g/mol. The van der Waals surface area contributed by atoms with E-state index in [4.69, 9.17) is 5.11 Å². The molecule has 4 amide bonds. The van der Waals surface area contributed by atoms with Gasteiger partial charge in [-0.15, -0.1) is 0 Å². The number of nitrogens with zero attached hydrogens (tertiary/aromatic N) is 1. The number of carbonyl (C=O) groups is 3. The third-order valence-corrected chi connectivity index (χ3v) is 11.4. The molecular weight excluding hydrogens is 547 g/mol. The zero-order chi connectivity index (χ0) is 30.4. The van der Waals surface area contributed by atoms with Gasteiger partial charge in [-0.1, -0.05) is 13.8 Å². The van der Waals surface area contributed by atoms with Crippen molar-refractivity contribution in [3.8, 4) is 0 Å². The van der Waals surface area contributed by atoms with Crippen molar-refractivity contribution >= 4 is 23.5 Å². The fourth-order valence-corrected chi connectivity index (χ4v) is 10.4. The maximum Gasteiger partial charge on any atom is 0.319 e. The first-order valence-corrected chi connectivity index (χ1v) is 16.6. The zero-order valence-electron chi connectivity index (χ0n) is 25.9. The van der Waals surface area contributed by atoms with Crippen LogP contribution < -0.4 is 16.0 Å². The molecule has 43 heavy (non-hydrogen) atoms. The van der Waals surface area contributed by atoms with E-state index in [0.29, 0.717) is 24.7 Å². The third-order valence-electron chi connectivity index (χ3n) is 11.4. The molecule has 9 heteroatoms. The summed E-state index contributed by atoms with van der Waals surface area (Å²) in [5.74, 6) is 0.367. The van der Waals surface area contributed by atoms with Gasteiger partial charge in [-0.3, -0.25) is 9.59 Å². The molecule has 236 valence electrons. The van der Waals surface area contributed by atoms with Crippen molar-refractivity contribution in [1.82, 2.24) is 15.5 Å². The highest BCUT2D eigenvalue weighted by molar-refractivity contribution is 5.96. The van der Waals surface area contributed by atoms with Crippen LogP contribution in [0.5, 0.6) is 0 Å². The van der Waals surface area contributed by atoms with Gasteiger partial charge < -0.3 is 26.0 Å². The van der Waals surface area contributed by atoms with E-state index >= 15 is 4.39 Å². The summed E-state index contributed by atoms with van der Waals surface area (Å²) in [6.45, 7) is 6.43. The first kappa shape index (κ1) is 30.4. The SMILES string of the molecule is C[C@]12CC3CC(NC(=O)Nc4ccc(C(=O)NC5CCC(C(=O)N6CCC(CCO)CC6)CC5)cc4F)(C1)C[C@@](C)(C3)C2. The third kappa shape index (κ3) is 6.57. The first-order chi connectivity index (χ1) is 20.5. The van der Waals surface area contributed by atoms with Crippen LogP contribution in [0, 0.1) is 34.4 Å². The predicted molar refractivity (Wildman–Crippen MR) is 163 cm³/mol. The number of carbonyl (C=O) groups excluding carboxylic acids is 3. The molecule has 0 spiro atoms. The topological polar surface area (TPSA) is 111 Å². The van der Waals surface area contributed by atoms with Gasteiger partial charge in [0.2, 0.25) is 5.91 Å². The molecule has 4 N–H and O–H groups in total. The minimum atomic E-state index is -0.635. The number of hydrogen-bond donors (Lipinski definition) is 4. The summed E-state index contributed by atoms with van der Waals surface area (Å²) in [6, 6.07) is 3.77. The van der Waals surface area contributed by atoms with Crippen molar-refractivity contribution in [2.75, 3.05) is 25.0 Å². The number of aliphatic hydroxyl groups is 1. The van der Waals surface area contributed by atoms with Gasteiger partial charge in [0.15, 0.2) is 0 Å². The Morgan fingerprint density at radius 1 is 0.953 bits per heavy atom. The summed E-state index contributed by atoms with van der Waals surface area (Å²) >= 11 is 0. The number of hydrogen-bond acceptors (Lipinski definition) is 4. The van der Waals surface area contributed by atoms with Gasteiger partial charge in [0.05, 0.1) is 5.69 Å². The van der Waals surface area contributed by atoms with E-state index in [-0.39, 0.29) is 64.0 Å². The summed E-state index contributed by atoms with van der Waals surface area (Å²) in [5, 5.41) is 18.1. The highest BCUT2D eigenvalue weighted by Crippen LogP contribution is 2.66. The molecule has 1 aromatic carbocycles. The highest BCUT2D eigenvalue weighted by atomic mass is 19.1. The molecule has 1 aromatic rings. The molecule has 1 saturated heterocycles. The van der Waals surface area contributed by atoms with Crippen molar-refractivity contribution in [3.63, 3.8) is 0 Å². The van der Waals surface area contributed by atoms with E-state index in [1.807, 2.05) is 4.90 Å². The van der Waals surface area contributed by atoms with Crippen molar-refractivity contribution in [1.29, 1.82) is 0 Å². The van der Waals surface area contributed by atoms with Gasteiger partial charge in [-0.05, 0) is 124 Å². The van der Waals surface area contributed by atoms with Crippen molar-refractivity contribution in [2.45, 2.75) is 109 Å². The lowest BCUT2D eigenvalue weighted by molar-refractivity contribution is -0.138. The Balaban J connectivity index is 0.975. The van der Waals surface area contributed by atoms with E-state index in [2.05, 4.69) is 29.8 Å². The largest absolute Gasteiger partial charge is 0.396 e. The second kappa shape index (κ2) is 11.7. The predicted octanol–water partition coefficient (Wildman–Crippen LogP) is 5.61. The molecule has 4 bridgehead atoms. The van der Waals surface area contributed by atoms with Crippen molar-refractivity contribution < 1.29 is 23.9 Å². The molecule has 2 unspecified atom stereocenters. The van der Waals surface area contributed by atoms with Crippen LogP contribution in [0.25, 0.3) is 0 Å². The molecule has 6 aliphatic rings. The summed E-state index contributed by atoms with van der Waals surface area (Å²) in [7, 11) is 0. The van der Waals surface area contributed by atoms with Gasteiger partial charge in [0.25, 0.3) is 5.91 Å². The number of anilines is 1. The minimum Gasteiger partial charge on any atom is -0.396 e. The van der Waals surface area contributed by atoms with Crippen molar-refractivity contribution in [2.24, 2.45) is 28.6 Å². The molecule has 0 aromatic heterocycles. The van der Waals surface area contributed by atoms with Crippen LogP contribution in [0.3, 0.4) is 0 Å². The molecule has 0 radical (unpaired) electrons. The number of nitrogens with one attached hydrogen (secondary N) is 3. The maximum absolute atomic E-state index is 15.1. The smallest absolute Gasteiger partial charge is 0.319 e. The molecule has 6 fully saturated rings. The molecule has 4 atom stereocenters. The molecule has 1 heterocycles. The number of amides is 4. The number of aliphatic hydroxyl groups excluding tert-OH is 1. The molecule has 5 saturated carbocycles. The van der Waals surface area contributed by atoms with E-state index in [1.54, 1.807) is 6.07 Å².